The Bertz CT molecular complexity index is 608. The quantitative estimate of drug-likeness (QED) is 0.905. The van der Waals surface area contributed by atoms with Gasteiger partial charge in [0, 0.05) is 17.9 Å². The average Bonchev–Trinajstić information content (AvgIpc) is 2.27. The van der Waals surface area contributed by atoms with Crippen molar-refractivity contribution in [3.05, 3.63) is 35.5 Å². The van der Waals surface area contributed by atoms with Gasteiger partial charge in [-0.25, -0.2) is 14.4 Å². The van der Waals surface area contributed by atoms with Gasteiger partial charge in [0.05, 0.1) is 17.1 Å². The number of nitrogens with zero attached hydrogens (tertiary/aromatic N) is 2. The summed E-state index contributed by atoms with van der Waals surface area (Å²) in [6.45, 7) is 3.33. The minimum absolute atomic E-state index is 0.306. The highest BCUT2D eigenvalue weighted by atomic mass is 19.1. The lowest BCUT2D eigenvalue weighted by Gasteiger charge is -2.09. The molecule has 0 radical (unpaired) electrons. The van der Waals surface area contributed by atoms with Crippen LogP contribution in [0.25, 0.3) is 10.9 Å². The van der Waals surface area contributed by atoms with Crippen LogP contribution >= 0.6 is 0 Å². The van der Waals surface area contributed by atoms with Crippen molar-refractivity contribution in [2.24, 2.45) is 5.92 Å². The summed E-state index contributed by atoms with van der Waals surface area (Å²) in [7, 11) is 0. The van der Waals surface area contributed by atoms with Gasteiger partial charge < -0.3 is 5.11 Å². The molecular weight excluding hydrogens is 235 g/mol. The third kappa shape index (κ3) is 2.45. The number of carbonyl (C=O) groups is 1. The Balaban J connectivity index is 2.52. The number of rotatable bonds is 3. The van der Waals surface area contributed by atoms with Gasteiger partial charge in [0.15, 0.2) is 0 Å². The van der Waals surface area contributed by atoms with E-state index < -0.39 is 11.9 Å². The van der Waals surface area contributed by atoms with Crippen molar-refractivity contribution in [2.75, 3.05) is 0 Å². The summed E-state index contributed by atoms with van der Waals surface area (Å²) < 4.78 is 13.1. The zero-order valence-corrected chi connectivity index (χ0v) is 10.1. The van der Waals surface area contributed by atoms with Gasteiger partial charge >= 0.3 is 5.97 Å². The zero-order chi connectivity index (χ0) is 13.3. The second kappa shape index (κ2) is 4.68. The normalized spacial score (nSPS) is 12.6. The van der Waals surface area contributed by atoms with Crippen LogP contribution in [0.4, 0.5) is 4.39 Å². The van der Waals surface area contributed by atoms with Crippen LogP contribution in [0.2, 0.25) is 0 Å². The fourth-order valence-corrected chi connectivity index (χ4v) is 1.83. The molecule has 0 spiro atoms. The molecule has 4 nitrogen and oxygen atoms in total. The van der Waals surface area contributed by atoms with E-state index >= 15 is 0 Å². The van der Waals surface area contributed by atoms with Crippen LogP contribution in [0.5, 0.6) is 0 Å². The molecule has 0 fully saturated rings. The molecule has 1 N–H and O–H groups in total. The molecule has 0 aliphatic carbocycles. The monoisotopic (exact) mass is 248 g/mol. The Morgan fingerprint density at radius 1 is 1.44 bits per heavy atom. The standard InChI is InChI=1S/C13H13FN2O2/c1-7(13(17)18)5-11-10-4-3-9(14)6-12(10)16-8(2)15-11/h3-4,6-7H,5H2,1-2H3,(H,17,18). The summed E-state index contributed by atoms with van der Waals surface area (Å²) in [5, 5.41) is 9.63. The van der Waals surface area contributed by atoms with Crippen LogP contribution < -0.4 is 0 Å². The average molecular weight is 248 g/mol. The number of aliphatic carboxylic acids is 1. The van der Waals surface area contributed by atoms with Crippen LogP contribution in [0.15, 0.2) is 18.2 Å². The zero-order valence-electron chi connectivity index (χ0n) is 10.1. The number of carboxylic acid groups (broad SMARTS) is 1. The van der Waals surface area contributed by atoms with Gasteiger partial charge in [-0.15, -0.1) is 0 Å². The highest BCUT2D eigenvalue weighted by Crippen LogP contribution is 2.19. The second-order valence-corrected chi connectivity index (χ2v) is 4.32. The Labute approximate surface area is 103 Å². The Kier molecular flexibility index (Phi) is 3.23. The number of hydrogen-bond donors (Lipinski definition) is 1. The maximum atomic E-state index is 13.1. The van der Waals surface area contributed by atoms with Gasteiger partial charge in [-0.2, -0.15) is 0 Å². The molecule has 94 valence electrons. The number of fused-ring (bicyclic) bond motifs is 1. The number of carboxylic acids is 1. The van der Waals surface area contributed by atoms with Gasteiger partial charge in [0.25, 0.3) is 0 Å². The van der Waals surface area contributed by atoms with E-state index in [-0.39, 0.29) is 5.82 Å². The van der Waals surface area contributed by atoms with E-state index in [1.807, 2.05) is 0 Å². The molecule has 1 aromatic carbocycles. The SMILES string of the molecule is Cc1nc(CC(C)C(=O)O)c2ccc(F)cc2n1. The highest BCUT2D eigenvalue weighted by Gasteiger charge is 2.15. The Morgan fingerprint density at radius 2 is 2.17 bits per heavy atom. The topological polar surface area (TPSA) is 63.1 Å². The summed E-state index contributed by atoms with van der Waals surface area (Å²) in [4.78, 5) is 19.3. The van der Waals surface area contributed by atoms with E-state index in [4.69, 9.17) is 5.11 Å². The van der Waals surface area contributed by atoms with Crippen molar-refractivity contribution in [1.82, 2.24) is 9.97 Å². The molecule has 0 aliphatic heterocycles. The summed E-state index contributed by atoms with van der Waals surface area (Å²) in [5.74, 6) is -1.26. The molecule has 0 saturated heterocycles. The third-order valence-corrected chi connectivity index (χ3v) is 2.77. The lowest BCUT2D eigenvalue weighted by molar-refractivity contribution is -0.141. The van der Waals surface area contributed by atoms with Crippen LogP contribution in [0, 0.1) is 18.7 Å². The maximum Gasteiger partial charge on any atom is 0.306 e. The molecule has 1 heterocycles. The molecule has 0 saturated carbocycles. The van der Waals surface area contributed by atoms with Gasteiger partial charge in [-0.3, -0.25) is 4.79 Å². The van der Waals surface area contributed by atoms with Gasteiger partial charge in [-0.1, -0.05) is 6.92 Å². The van der Waals surface area contributed by atoms with E-state index in [2.05, 4.69) is 9.97 Å². The number of benzene rings is 1. The van der Waals surface area contributed by atoms with Crippen LogP contribution in [0.3, 0.4) is 0 Å². The molecule has 0 amide bonds. The molecule has 2 aromatic rings. The molecule has 1 aromatic heterocycles. The van der Waals surface area contributed by atoms with Gasteiger partial charge in [0.1, 0.15) is 11.6 Å². The molecular formula is C13H13FN2O2. The predicted molar refractivity (Wildman–Crippen MR) is 64.7 cm³/mol. The molecule has 0 bridgehead atoms. The van der Waals surface area contributed by atoms with Crippen LogP contribution in [-0.2, 0) is 11.2 Å². The van der Waals surface area contributed by atoms with E-state index in [9.17, 15) is 9.18 Å². The number of aryl methyl sites for hydroxylation is 1. The van der Waals surface area contributed by atoms with Crippen LogP contribution in [0.1, 0.15) is 18.4 Å². The van der Waals surface area contributed by atoms with Crippen molar-refractivity contribution in [3.63, 3.8) is 0 Å². The highest BCUT2D eigenvalue weighted by molar-refractivity contribution is 5.81. The van der Waals surface area contributed by atoms with E-state index in [0.717, 1.165) is 0 Å². The largest absolute Gasteiger partial charge is 0.481 e. The number of halogens is 1. The van der Waals surface area contributed by atoms with E-state index in [1.54, 1.807) is 19.9 Å². The first-order chi connectivity index (χ1) is 8.47. The predicted octanol–water partition coefficient (Wildman–Crippen LogP) is 2.34. The van der Waals surface area contributed by atoms with Crippen molar-refractivity contribution < 1.29 is 14.3 Å². The fraction of sp³-hybridized carbons (Fsp3) is 0.308. The summed E-state index contributed by atoms with van der Waals surface area (Å²) >= 11 is 0. The third-order valence-electron chi connectivity index (χ3n) is 2.77. The van der Waals surface area contributed by atoms with E-state index in [1.165, 1.54) is 12.1 Å². The lowest BCUT2D eigenvalue weighted by Crippen LogP contribution is -2.14. The fourth-order valence-electron chi connectivity index (χ4n) is 1.83. The molecule has 1 unspecified atom stereocenters. The molecule has 5 heteroatoms. The van der Waals surface area contributed by atoms with Gasteiger partial charge in [0.2, 0.25) is 0 Å². The smallest absolute Gasteiger partial charge is 0.306 e. The van der Waals surface area contributed by atoms with Crippen molar-refractivity contribution in [2.45, 2.75) is 20.3 Å². The first kappa shape index (κ1) is 12.4. The number of aromatic nitrogens is 2. The first-order valence-electron chi connectivity index (χ1n) is 5.63. The van der Waals surface area contributed by atoms with Crippen LogP contribution in [-0.4, -0.2) is 21.0 Å². The molecule has 1 atom stereocenters. The number of hydrogen-bond acceptors (Lipinski definition) is 3. The minimum atomic E-state index is -0.874. The molecule has 2 rings (SSSR count). The second-order valence-electron chi connectivity index (χ2n) is 4.32. The summed E-state index contributed by atoms with van der Waals surface area (Å²) in [5.41, 5.74) is 1.16. The Hall–Kier alpha value is -2.04. The molecule has 18 heavy (non-hydrogen) atoms. The lowest BCUT2D eigenvalue weighted by atomic mass is 10.0. The summed E-state index contributed by atoms with van der Waals surface area (Å²) in [6.07, 6.45) is 0.306. The van der Waals surface area contributed by atoms with Crippen molar-refractivity contribution >= 4 is 16.9 Å². The minimum Gasteiger partial charge on any atom is -0.481 e. The first-order valence-corrected chi connectivity index (χ1v) is 5.63. The van der Waals surface area contributed by atoms with Gasteiger partial charge in [-0.05, 0) is 19.1 Å². The maximum absolute atomic E-state index is 13.1. The van der Waals surface area contributed by atoms with Crippen molar-refractivity contribution in [1.29, 1.82) is 0 Å². The van der Waals surface area contributed by atoms with E-state index in [0.29, 0.717) is 28.8 Å². The molecule has 0 aliphatic rings. The summed E-state index contributed by atoms with van der Waals surface area (Å²) in [6, 6.07) is 4.25. The van der Waals surface area contributed by atoms with Crippen molar-refractivity contribution in [3.8, 4) is 0 Å². The Morgan fingerprint density at radius 3 is 2.83 bits per heavy atom.